The Kier molecular flexibility index (Phi) is 5.93. The Hall–Kier alpha value is -1.63. The molecule has 0 aromatic rings. The van der Waals surface area contributed by atoms with Gasteiger partial charge < -0.3 is 15.3 Å². The highest BCUT2D eigenvalue weighted by molar-refractivity contribution is 5.78. The molecule has 2 atom stereocenters. The predicted molar refractivity (Wildman–Crippen MR) is 91.9 cm³/mol. The van der Waals surface area contributed by atoms with E-state index in [1.807, 2.05) is 9.80 Å². The number of nitrogens with one attached hydrogen (secondary N) is 1. The molecule has 0 spiro atoms. The van der Waals surface area contributed by atoms with Gasteiger partial charge in [0.25, 0.3) is 0 Å². The van der Waals surface area contributed by atoms with Crippen LogP contribution >= 0.6 is 0 Å². The monoisotopic (exact) mass is 351 g/mol. The highest BCUT2D eigenvalue weighted by atomic mass is 16.4. The minimum Gasteiger partial charge on any atom is -0.480 e. The number of carboxylic acids is 1. The van der Waals surface area contributed by atoms with Gasteiger partial charge in [0, 0.05) is 45.1 Å². The van der Waals surface area contributed by atoms with Gasteiger partial charge >= 0.3 is 5.97 Å². The third-order valence-corrected chi connectivity index (χ3v) is 5.63. The molecule has 2 amide bonds. The number of nitrogens with zero attached hydrogens (tertiary/aromatic N) is 2. The van der Waals surface area contributed by atoms with E-state index >= 15 is 0 Å². The summed E-state index contributed by atoms with van der Waals surface area (Å²) in [6.07, 6.45) is 6.17. The average Bonchev–Trinajstić information content (AvgIpc) is 3.32. The van der Waals surface area contributed by atoms with Crippen LogP contribution in [-0.2, 0) is 14.4 Å². The van der Waals surface area contributed by atoms with E-state index in [1.165, 1.54) is 12.8 Å². The van der Waals surface area contributed by atoms with Gasteiger partial charge in [0.1, 0.15) is 0 Å². The van der Waals surface area contributed by atoms with Crippen molar-refractivity contribution in [3.8, 4) is 0 Å². The van der Waals surface area contributed by atoms with Crippen molar-refractivity contribution in [3.63, 3.8) is 0 Å². The fourth-order valence-corrected chi connectivity index (χ4v) is 4.20. The van der Waals surface area contributed by atoms with Crippen molar-refractivity contribution in [2.24, 2.45) is 11.8 Å². The lowest BCUT2D eigenvalue weighted by Crippen LogP contribution is -2.42. The Morgan fingerprint density at radius 1 is 1.20 bits per heavy atom. The number of carbonyl (C=O) groups excluding carboxylic acids is 2. The van der Waals surface area contributed by atoms with Gasteiger partial charge in [-0.3, -0.25) is 19.3 Å². The zero-order valence-electron chi connectivity index (χ0n) is 14.8. The number of aliphatic carboxylic acids is 1. The minimum atomic E-state index is -0.812. The molecule has 140 valence electrons. The lowest BCUT2D eigenvalue weighted by atomic mass is 9.98. The minimum absolute atomic E-state index is 0.0253. The Balaban J connectivity index is 1.41. The number of carboxylic acid groups (broad SMARTS) is 1. The van der Waals surface area contributed by atoms with E-state index < -0.39 is 5.97 Å². The van der Waals surface area contributed by atoms with Crippen LogP contribution < -0.4 is 5.32 Å². The third-order valence-electron chi connectivity index (χ3n) is 5.63. The van der Waals surface area contributed by atoms with Gasteiger partial charge in [0.15, 0.2) is 0 Å². The predicted octanol–water partition coefficient (Wildman–Crippen LogP) is 0.690. The summed E-state index contributed by atoms with van der Waals surface area (Å²) < 4.78 is 0. The average molecular weight is 351 g/mol. The highest BCUT2D eigenvalue weighted by Crippen LogP contribution is 2.41. The summed E-state index contributed by atoms with van der Waals surface area (Å²) in [6.45, 7) is 2.92. The van der Waals surface area contributed by atoms with Crippen LogP contribution in [0.5, 0.6) is 0 Å². The van der Waals surface area contributed by atoms with Gasteiger partial charge in [-0.15, -0.1) is 0 Å². The van der Waals surface area contributed by atoms with Gasteiger partial charge in [-0.2, -0.15) is 0 Å². The van der Waals surface area contributed by atoms with Crippen LogP contribution in [0.2, 0.25) is 0 Å². The molecule has 2 heterocycles. The van der Waals surface area contributed by atoms with Crippen LogP contribution in [0, 0.1) is 11.8 Å². The first-order valence-electron chi connectivity index (χ1n) is 9.54. The van der Waals surface area contributed by atoms with Crippen molar-refractivity contribution >= 4 is 17.8 Å². The van der Waals surface area contributed by atoms with Crippen LogP contribution in [0.15, 0.2) is 0 Å². The van der Waals surface area contributed by atoms with Crippen LogP contribution in [0.25, 0.3) is 0 Å². The summed E-state index contributed by atoms with van der Waals surface area (Å²) in [4.78, 5) is 38.8. The standard InChI is InChI=1S/C18H29N3O4/c22-16(4-3-9-21-8-2-1-5-17(21)23)19-15-11-20(12-18(24)25)10-14(15)13-6-7-13/h13-15H,1-12H2,(H,19,22)(H,24,25)/t14-,15+/m1/s1. The van der Waals surface area contributed by atoms with Gasteiger partial charge in [-0.05, 0) is 43.9 Å². The van der Waals surface area contributed by atoms with Crippen LogP contribution in [-0.4, -0.2) is 71.5 Å². The van der Waals surface area contributed by atoms with Crippen LogP contribution in [0.4, 0.5) is 0 Å². The number of carbonyl (C=O) groups is 3. The molecule has 0 bridgehead atoms. The summed E-state index contributed by atoms with van der Waals surface area (Å²) in [5, 5.41) is 12.1. The Morgan fingerprint density at radius 2 is 2.00 bits per heavy atom. The summed E-state index contributed by atoms with van der Waals surface area (Å²) in [6, 6.07) is 0.0657. The smallest absolute Gasteiger partial charge is 0.317 e. The maximum Gasteiger partial charge on any atom is 0.317 e. The molecule has 2 N–H and O–H groups in total. The maximum absolute atomic E-state index is 12.3. The number of piperidine rings is 1. The number of hydrogen-bond donors (Lipinski definition) is 2. The van der Waals surface area contributed by atoms with E-state index in [-0.39, 0.29) is 24.4 Å². The fourth-order valence-electron chi connectivity index (χ4n) is 4.20. The number of rotatable bonds is 8. The Morgan fingerprint density at radius 3 is 2.68 bits per heavy atom. The fraction of sp³-hybridized carbons (Fsp3) is 0.833. The normalized spacial score (nSPS) is 27.5. The van der Waals surface area contributed by atoms with Crippen molar-refractivity contribution in [3.05, 3.63) is 0 Å². The van der Waals surface area contributed by atoms with E-state index in [2.05, 4.69) is 5.32 Å². The van der Waals surface area contributed by atoms with Crippen molar-refractivity contribution in [1.29, 1.82) is 0 Å². The van der Waals surface area contributed by atoms with Crippen LogP contribution in [0.3, 0.4) is 0 Å². The number of likely N-dealkylation sites (tertiary alicyclic amines) is 2. The quantitative estimate of drug-likeness (QED) is 0.672. The molecule has 1 saturated carbocycles. The molecule has 1 aliphatic carbocycles. The van der Waals surface area contributed by atoms with E-state index in [1.54, 1.807) is 0 Å². The first kappa shape index (κ1) is 18.2. The van der Waals surface area contributed by atoms with E-state index in [0.29, 0.717) is 44.2 Å². The van der Waals surface area contributed by atoms with Crippen LogP contribution in [0.1, 0.15) is 44.9 Å². The van der Waals surface area contributed by atoms with Gasteiger partial charge in [-0.25, -0.2) is 0 Å². The van der Waals surface area contributed by atoms with Crippen molar-refractivity contribution in [2.75, 3.05) is 32.7 Å². The number of amides is 2. The highest BCUT2D eigenvalue weighted by Gasteiger charge is 2.43. The summed E-state index contributed by atoms with van der Waals surface area (Å²) in [5.41, 5.74) is 0. The number of hydrogen-bond acceptors (Lipinski definition) is 4. The van der Waals surface area contributed by atoms with Gasteiger partial charge in [-0.1, -0.05) is 0 Å². The molecule has 25 heavy (non-hydrogen) atoms. The zero-order chi connectivity index (χ0) is 17.8. The molecule has 2 saturated heterocycles. The van der Waals surface area contributed by atoms with E-state index in [9.17, 15) is 14.4 Å². The van der Waals surface area contributed by atoms with E-state index in [0.717, 1.165) is 25.9 Å². The Labute approximate surface area is 148 Å². The van der Waals surface area contributed by atoms with Gasteiger partial charge in [0.2, 0.25) is 11.8 Å². The van der Waals surface area contributed by atoms with E-state index in [4.69, 9.17) is 5.11 Å². The van der Waals surface area contributed by atoms with Crippen molar-refractivity contribution in [2.45, 2.75) is 51.0 Å². The summed E-state index contributed by atoms with van der Waals surface area (Å²) in [5.74, 6) is 0.438. The molecular weight excluding hydrogens is 322 g/mol. The second-order valence-electron chi connectivity index (χ2n) is 7.70. The Bertz CT molecular complexity index is 520. The topological polar surface area (TPSA) is 89.9 Å². The first-order chi connectivity index (χ1) is 12.0. The molecule has 0 unspecified atom stereocenters. The summed E-state index contributed by atoms with van der Waals surface area (Å²) >= 11 is 0. The molecule has 3 aliphatic rings. The molecule has 3 rings (SSSR count). The second kappa shape index (κ2) is 8.17. The van der Waals surface area contributed by atoms with Crippen molar-refractivity contribution in [1.82, 2.24) is 15.1 Å². The zero-order valence-corrected chi connectivity index (χ0v) is 14.8. The summed E-state index contributed by atoms with van der Waals surface area (Å²) in [7, 11) is 0. The lowest BCUT2D eigenvalue weighted by Gasteiger charge is -2.26. The lowest BCUT2D eigenvalue weighted by molar-refractivity contribution is -0.138. The molecule has 0 radical (unpaired) electrons. The molecule has 7 nitrogen and oxygen atoms in total. The third kappa shape index (κ3) is 5.17. The molecular formula is C18H29N3O4. The molecule has 3 fully saturated rings. The molecule has 2 aliphatic heterocycles. The van der Waals surface area contributed by atoms with Crippen molar-refractivity contribution < 1.29 is 19.5 Å². The SMILES string of the molecule is O=C(O)CN1C[C@H](NC(=O)CCCN2CCCCC2=O)[C@@H](C2CC2)C1. The maximum atomic E-state index is 12.3. The van der Waals surface area contributed by atoms with Gasteiger partial charge in [0.05, 0.1) is 6.54 Å². The first-order valence-corrected chi connectivity index (χ1v) is 9.54. The second-order valence-corrected chi connectivity index (χ2v) is 7.70. The largest absolute Gasteiger partial charge is 0.480 e. The molecule has 7 heteroatoms. The molecule has 0 aromatic heterocycles. The molecule has 0 aromatic carbocycles.